The van der Waals surface area contributed by atoms with Crippen LogP contribution in [0.1, 0.15) is 13.8 Å². The van der Waals surface area contributed by atoms with Gasteiger partial charge in [-0.05, 0) is 36.4 Å². The first-order chi connectivity index (χ1) is 12.0. The van der Waals surface area contributed by atoms with Gasteiger partial charge in [0.1, 0.15) is 17.4 Å². The average molecular weight is 339 g/mol. The van der Waals surface area contributed by atoms with Gasteiger partial charge < -0.3 is 10.1 Å². The fraction of sp³-hybridized carbons (Fsp3) is 0.211. The predicted octanol–water partition coefficient (Wildman–Crippen LogP) is 4.04. The minimum Gasteiger partial charge on any atom is -0.496 e. The zero-order chi connectivity index (χ0) is 18.0. The SMILES string of the molecule is COc1cc(F)ccc1-c1ccc2ccc(NC(=O)C(C)C)nc2n1. The van der Waals surface area contributed by atoms with Crippen LogP contribution >= 0.6 is 0 Å². The highest BCUT2D eigenvalue weighted by Gasteiger charge is 2.11. The molecule has 0 aliphatic rings. The van der Waals surface area contributed by atoms with E-state index in [-0.39, 0.29) is 17.6 Å². The number of carbonyl (C=O) groups excluding carboxylic acids is 1. The van der Waals surface area contributed by atoms with Gasteiger partial charge in [0.2, 0.25) is 5.91 Å². The van der Waals surface area contributed by atoms with Gasteiger partial charge in [-0.2, -0.15) is 0 Å². The van der Waals surface area contributed by atoms with Gasteiger partial charge >= 0.3 is 0 Å². The summed E-state index contributed by atoms with van der Waals surface area (Å²) in [6.07, 6.45) is 0. The molecule has 0 aliphatic heterocycles. The number of anilines is 1. The lowest BCUT2D eigenvalue weighted by atomic mass is 10.1. The summed E-state index contributed by atoms with van der Waals surface area (Å²) < 4.78 is 18.6. The number of nitrogens with zero attached hydrogens (tertiary/aromatic N) is 2. The maximum atomic E-state index is 13.4. The largest absolute Gasteiger partial charge is 0.496 e. The summed E-state index contributed by atoms with van der Waals surface area (Å²) in [5, 5.41) is 3.60. The summed E-state index contributed by atoms with van der Waals surface area (Å²) in [6.45, 7) is 3.63. The zero-order valence-corrected chi connectivity index (χ0v) is 14.2. The van der Waals surface area contributed by atoms with E-state index < -0.39 is 0 Å². The lowest BCUT2D eigenvalue weighted by Gasteiger charge is -2.10. The van der Waals surface area contributed by atoms with Crippen LogP contribution in [-0.4, -0.2) is 23.0 Å². The van der Waals surface area contributed by atoms with Crippen molar-refractivity contribution in [2.24, 2.45) is 5.92 Å². The quantitative estimate of drug-likeness (QED) is 0.779. The molecule has 1 N–H and O–H groups in total. The summed E-state index contributed by atoms with van der Waals surface area (Å²) in [5.41, 5.74) is 1.78. The van der Waals surface area contributed by atoms with E-state index in [0.29, 0.717) is 28.5 Å². The van der Waals surface area contributed by atoms with Crippen molar-refractivity contribution in [3.8, 4) is 17.0 Å². The number of carbonyl (C=O) groups is 1. The van der Waals surface area contributed by atoms with E-state index in [1.54, 1.807) is 12.1 Å². The Morgan fingerprint density at radius 1 is 1.12 bits per heavy atom. The predicted molar refractivity (Wildman–Crippen MR) is 95.0 cm³/mol. The lowest BCUT2D eigenvalue weighted by molar-refractivity contribution is -0.118. The van der Waals surface area contributed by atoms with Crippen LogP contribution in [0.25, 0.3) is 22.3 Å². The van der Waals surface area contributed by atoms with Gasteiger partial charge in [-0.1, -0.05) is 13.8 Å². The summed E-state index contributed by atoms with van der Waals surface area (Å²) >= 11 is 0. The number of hydrogen-bond acceptors (Lipinski definition) is 4. The smallest absolute Gasteiger partial charge is 0.228 e. The van der Waals surface area contributed by atoms with E-state index in [0.717, 1.165) is 5.39 Å². The van der Waals surface area contributed by atoms with Crippen LogP contribution in [0.4, 0.5) is 10.2 Å². The Morgan fingerprint density at radius 2 is 1.88 bits per heavy atom. The normalized spacial score (nSPS) is 10.9. The summed E-state index contributed by atoms with van der Waals surface area (Å²) in [6, 6.07) is 11.6. The molecular weight excluding hydrogens is 321 g/mol. The van der Waals surface area contributed by atoms with Crippen molar-refractivity contribution in [1.29, 1.82) is 0 Å². The molecule has 0 atom stereocenters. The number of nitrogens with one attached hydrogen (secondary N) is 1. The van der Waals surface area contributed by atoms with Crippen molar-refractivity contribution in [3.05, 3.63) is 48.3 Å². The summed E-state index contributed by atoms with van der Waals surface area (Å²) in [4.78, 5) is 20.8. The molecule has 2 heterocycles. The van der Waals surface area contributed by atoms with Gasteiger partial charge in [-0.15, -0.1) is 0 Å². The number of hydrogen-bond donors (Lipinski definition) is 1. The van der Waals surface area contributed by atoms with Crippen LogP contribution in [0.2, 0.25) is 0 Å². The molecule has 0 bridgehead atoms. The van der Waals surface area contributed by atoms with Crippen LogP contribution in [0.5, 0.6) is 5.75 Å². The number of ether oxygens (including phenoxy) is 1. The number of pyridine rings is 2. The molecule has 5 nitrogen and oxygen atoms in total. The van der Waals surface area contributed by atoms with E-state index in [2.05, 4.69) is 15.3 Å². The van der Waals surface area contributed by atoms with Crippen molar-refractivity contribution < 1.29 is 13.9 Å². The maximum Gasteiger partial charge on any atom is 0.228 e. The fourth-order valence-electron chi connectivity index (χ4n) is 2.37. The van der Waals surface area contributed by atoms with E-state index in [1.807, 2.05) is 32.0 Å². The molecule has 1 amide bonds. The highest BCUT2D eigenvalue weighted by Crippen LogP contribution is 2.30. The van der Waals surface area contributed by atoms with Crippen LogP contribution in [0, 0.1) is 11.7 Å². The third kappa shape index (κ3) is 3.57. The Balaban J connectivity index is 2.02. The molecule has 6 heteroatoms. The minimum absolute atomic E-state index is 0.108. The van der Waals surface area contributed by atoms with E-state index >= 15 is 0 Å². The molecule has 3 rings (SSSR count). The molecule has 128 valence electrons. The maximum absolute atomic E-state index is 13.4. The lowest BCUT2D eigenvalue weighted by Crippen LogP contribution is -2.18. The summed E-state index contributed by atoms with van der Waals surface area (Å²) in [5.74, 6) is 0.222. The molecule has 2 aromatic heterocycles. The number of rotatable bonds is 4. The van der Waals surface area contributed by atoms with E-state index in [4.69, 9.17) is 4.74 Å². The first-order valence-corrected chi connectivity index (χ1v) is 7.90. The second-order valence-electron chi connectivity index (χ2n) is 5.93. The molecule has 0 fully saturated rings. The first-order valence-electron chi connectivity index (χ1n) is 7.90. The van der Waals surface area contributed by atoms with Crippen molar-refractivity contribution in [2.45, 2.75) is 13.8 Å². The third-order valence-corrected chi connectivity index (χ3v) is 3.77. The number of benzene rings is 1. The number of fused-ring (bicyclic) bond motifs is 1. The van der Waals surface area contributed by atoms with Crippen LogP contribution < -0.4 is 10.1 Å². The number of amides is 1. The van der Waals surface area contributed by atoms with Crippen molar-refractivity contribution in [2.75, 3.05) is 12.4 Å². The molecule has 0 spiro atoms. The van der Waals surface area contributed by atoms with E-state index in [9.17, 15) is 9.18 Å². The fourth-order valence-corrected chi connectivity index (χ4v) is 2.37. The van der Waals surface area contributed by atoms with Crippen LogP contribution in [0.3, 0.4) is 0 Å². The first kappa shape index (κ1) is 16.8. The zero-order valence-electron chi connectivity index (χ0n) is 14.2. The molecule has 0 aliphatic carbocycles. The highest BCUT2D eigenvalue weighted by atomic mass is 19.1. The Kier molecular flexibility index (Phi) is 4.61. The third-order valence-electron chi connectivity index (χ3n) is 3.77. The van der Waals surface area contributed by atoms with Gasteiger partial charge in [0.25, 0.3) is 0 Å². The van der Waals surface area contributed by atoms with Crippen molar-refractivity contribution in [1.82, 2.24) is 9.97 Å². The number of methoxy groups -OCH3 is 1. The summed E-state index contributed by atoms with van der Waals surface area (Å²) in [7, 11) is 1.48. The van der Waals surface area contributed by atoms with Crippen molar-refractivity contribution in [3.63, 3.8) is 0 Å². The molecule has 3 aromatic rings. The van der Waals surface area contributed by atoms with Gasteiger partial charge in [0.05, 0.1) is 12.8 Å². The van der Waals surface area contributed by atoms with Gasteiger partial charge in [-0.3, -0.25) is 4.79 Å². The molecular formula is C19H18FN3O2. The van der Waals surface area contributed by atoms with Gasteiger partial charge in [0, 0.05) is 22.9 Å². The molecule has 0 saturated heterocycles. The average Bonchev–Trinajstić information content (AvgIpc) is 2.60. The van der Waals surface area contributed by atoms with Crippen LogP contribution in [-0.2, 0) is 4.79 Å². The molecule has 1 aromatic carbocycles. The second-order valence-corrected chi connectivity index (χ2v) is 5.93. The monoisotopic (exact) mass is 339 g/mol. The molecule has 0 unspecified atom stereocenters. The molecule has 0 saturated carbocycles. The Labute approximate surface area is 144 Å². The van der Waals surface area contributed by atoms with Gasteiger partial charge in [-0.25, -0.2) is 14.4 Å². The number of halogens is 1. The Bertz CT molecular complexity index is 941. The Hall–Kier alpha value is -3.02. The molecule has 0 radical (unpaired) electrons. The number of aromatic nitrogens is 2. The minimum atomic E-state index is -0.377. The van der Waals surface area contributed by atoms with Crippen LogP contribution in [0.15, 0.2) is 42.5 Å². The van der Waals surface area contributed by atoms with Gasteiger partial charge in [0.15, 0.2) is 5.65 Å². The Morgan fingerprint density at radius 3 is 2.60 bits per heavy atom. The second kappa shape index (κ2) is 6.84. The van der Waals surface area contributed by atoms with Crippen molar-refractivity contribution >= 4 is 22.8 Å². The van der Waals surface area contributed by atoms with E-state index in [1.165, 1.54) is 19.2 Å². The highest BCUT2D eigenvalue weighted by molar-refractivity contribution is 5.92. The topological polar surface area (TPSA) is 64.1 Å². The molecule has 25 heavy (non-hydrogen) atoms. The standard InChI is InChI=1S/C19H18FN3O2/c1-11(2)19(24)23-17-9-5-12-4-8-15(21-18(12)22-17)14-7-6-13(20)10-16(14)25-3/h4-11H,1-3H3,(H,21,22,23,24).